The van der Waals surface area contributed by atoms with Gasteiger partial charge in [-0.25, -0.2) is 9.89 Å². The zero-order valence-corrected chi connectivity index (χ0v) is 8.72. The Morgan fingerprint density at radius 2 is 2.38 bits per heavy atom. The summed E-state index contributed by atoms with van der Waals surface area (Å²) in [6.07, 6.45) is 3.95. The minimum absolute atomic E-state index is 0.313. The number of hydrogen-bond donors (Lipinski definition) is 2. The second-order valence-electron chi connectivity index (χ2n) is 3.85. The highest BCUT2D eigenvalue weighted by Gasteiger charge is 2.28. The summed E-state index contributed by atoms with van der Waals surface area (Å²) in [6.45, 7) is 0.655. The molecule has 0 saturated carbocycles. The number of nitrogens with one attached hydrogen (secondary N) is 1. The van der Waals surface area contributed by atoms with E-state index < -0.39 is 12.0 Å². The summed E-state index contributed by atoms with van der Waals surface area (Å²) < 4.78 is 0. The topological polar surface area (TPSA) is 86.3 Å². The highest BCUT2D eigenvalue weighted by molar-refractivity contribution is 5.78. The first kappa shape index (κ1) is 10.7. The van der Waals surface area contributed by atoms with Crippen LogP contribution in [0.15, 0.2) is 17.1 Å². The monoisotopic (exact) mass is 223 g/mol. The molecule has 0 aromatic carbocycles. The van der Waals surface area contributed by atoms with E-state index in [0.717, 1.165) is 12.8 Å². The van der Waals surface area contributed by atoms with Crippen LogP contribution in [0.25, 0.3) is 0 Å². The molecule has 1 aromatic rings. The van der Waals surface area contributed by atoms with Crippen molar-refractivity contribution in [3.05, 3.63) is 22.6 Å². The van der Waals surface area contributed by atoms with Crippen LogP contribution in [0.3, 0.4) is 0 Å². The van der Waals surface area contributed by atoms with E-state index in [0.29, 0.717) is 18.7 Å². The van der Waals surface area contributed by atoms with Crippen LogP contribution in [-0.2, 0) is 4.79 Å². The Kier molecular flexibility index (Phi) is 2.89. The maximum Gasteiger partial charge on any atom is 0.326 e. The molecule has 1 aliphatic heterocycles. The number of aromatic amines is 1. The van der Waals surface area contributed by atoms with E-state index in [1.54, 1.807) is 4.90 Å². The second-order valence-corrected chi connectivity index (χ2v) is 3.85. The van der Waals surface area contributed by atoms with E-state index in [1.165, 1.54) is 12.3 Å². The predicted molar refractivity (Wildman–Crippen MR) is 57.5 cm³/mol. The SMILES string of the molecule is O=C(O)C1CCCCN1c1cn[nH]c(=O)c1. The Morgan fingerprint density at radius 1 is 1.56 bits per heavy atom. The largest absolute Gasteiger partial charge is 0.480 e. The molecule has 16 heavy (non-hydrogen) atoms. The normalized spacial score (nSPS) is 20.8. The number of aliphatic carboxylic acids is 1. The molecule has 6 heteroatoms. The third-order valence-corrected chi connectivity index (χ3v) is 2.77. The van der Waals surface area contributed by atoms with Gasteiger partial charge >= 0.3 is 5.97 Å². The van der Waals surface area contributed by atoms with E-state index in [1.807, 2.05) is 0 Å². The molecule has 1 saturated heterocycles. The maximum absolute atomic E-state index is 11.1. The summed E-state index contributed by atoms with van der Waals surface area (Å²) in [5.41, 5.74) is 0.267. The molecule has 1 aromatic heterocycles. The molecule has 2 heterocycles. The van der Waals surface area contributed by atoms with E-state index in [2.05, 4.69) is 10.2 Å². The predicted octanol–water partition coefficient (Wildman–Crippen LogP) is 0.213. The quantitative estimate of drug-likeness (QED) is 0.748. The fourth-order valence-corrected chi connectivity index (χ4v) is 2.02. The van der Waals surface area contributed by atoms with Crippen molar-refractivity contribution in [2.45, 2.75) is 25.3 Å². The maximum atomic E-state index is 11.1. The van der Waals surface area contributed by atoms with Gasteiger partial charge in [-0.05, 0) is 19.3 Å². The lowest BCUT2D eigenvalue weighted by Crippen LogP contribution is -2.45. The summed E-state index contributed by atoms with van der Waals surface area (Å²) in [7, 11) is 0. The molecule has 0 aliphatic carbocycles. The summed E-state index contributed by atoms with van der Waals surface area (Å²) in [5, 5.41) is 15.0. The van der Waals surface area contributed by atoms with Crippen LogP contribution in [0.4, 0.5) is 5.69 Å². The average Bonchev–Trinajstić information content (AvgIpc) is 2.29. The lowest BCUT2D eigenvalue weighted by molar-refractivity contribution is -0.139. The number of carboxylic acid groups (broad SMARTS) is 1. The molecule has 0 spiro atoms. The Labute approximate surface area is 91.9 Å². The van der Waals surface area contributed by atoms with E-state index in [4.69, 9.17) is 5.11 Å². The second kappa shape index (κ2) is 4.34. The Morgan fingerprint density at radius 3 is 3.06 bits per heavy atom. The molecule has 2 N–H and O–H groups in total. The van der Waals surface area contributed by atoms with Crippen LogP contribution in [-0.4, -0.2) is 33.9 Å². The minimum Gasteiger partial charge on any atom is -0.480 e. The molecule has 2 rings (SSSR count). The van der Waals surface area contributed by atoms with Crippen LogP contribution in [0.5, 0.6) is 0 Å². The molecule has 6 nitrogen and oxygen atoms in total. The lowest BCUT2D eigenvalue weighted by atomic mass is 10.0. The third kappa shape index (κ3) is 2.05. The van der Waals surface area contributed by atoms with Crippen molar-refractivity contribution in [3.8, 4) is 0 Å². The van der Waals surface area contributed by atoms with Gasteiger partial charge in [0.25, 0.3) is 5.56 Å². The van der Waals surface area contributed by atoms with Crippen LogP contribution >= 0.6 is 0 Å². The number of carbonyl (C=O) groups is 1. The van der Waals surface area contributed by atoms with Gasteiger partial charge in [0.15, 0.2) is 0 Å². The van der Waals surface area contributed by atoms with Gasteiger partial charge in [-0.2, -0.15) is 5.10 Å². The average molecular weight is 223 g/mol. The Bertz CT molecular complexity index is 443. The van der Waals surface area contributed by atoms with Crippen molar-refractivity contribution in [1.82, 2.24) is 10.2 Å². The van der Waals surface area contributed by atoms with Crippen molar-refractivity contribution in [2.24, 2.45) is 0 Å². The van der Waals surface area contributed by atoms with Gasteiger partial charge in [0.05, 0.1) is 11.9 Å². The summed E-state index contributed by atoms with van der Waals surface area (Å²) in [6, 6.07) is 0.839. The summed E-state index contributed by atoms with van der Waals surface area (Å²) in [4.78, 5) is 23.9. The van der Waals surface area contributed by atoms with Crippen LogP contribution in [0.2, 0.25) is 0 Å². The Balaban J connectivity index is 2.30. The zero-order chi connectivity index (χ0) is 11.5. The van der Waals surface area contributed by atoms with Crippen molar-refractivity contribution in [1.29, 1.82) is 0 Å². The van der Waals surface area contributed by atoms with Crippen molar-refractivity contribution >= 4 is 11.7 Å². The van der Waals surface area contributed by atoms with Gasteiger partial charge < -0.3 is 10.0 Å². The number of hydrogen-bond acceptors (Lipinski definition) is 4. The number of nitrogens with zero attached hydrogens (tertiary/aromatic N) is 2. The molecule has 0 amide bonds. The van der Waals surface area contributed by atoms with E-state index in [9.17, 15) is 9.59 Å². The van der Waals surface area contributed by atoms with E-state index in [-0.39, 0.29) is 5.56 Å². The minimum atomic E-state index is -0.847. The first-order chi connectivity index (χ1) is 7.68. The van der Waals surface area contributed by atoms with Crippen LogP contribution < -0.4 is 10.5 Å². The van der Waals surface area contributed by atoms with Gasteiger partial charge in [0.1, 0.15) is 6.04 Å². The van der Waals surface area contributed by atoms with Gasteiger partial charge in [-0.3, -0.25) is 4.79 Å². The summed E-state index contributed by atoms with van der Waals surface area (Å²) in [5.74, 6) is -0.847. The molecule has 86 valence electrons. The van der Waals surface area contributed by atoms with Crippen molar-refractivity contribution in [2.75, 3.05) is 11.4 Å². The number of aromatic nitrogens is 2. The number of carboxylic acids is 1. The first-order valence-corrected chi connectivity index (χ1v) is 5.22. The molecule has 0 bridgehead atoms. The standard InChI is InChI=1S/C10H13N3O3/c14-9-5-7(6-11-12-9)13-4-2-1-3-8(13)10(15)16/h5-6,8H,1-4H2,(H,12,14)(H,15,16). The molecule has 1 aliphatic rings. The van der Waals surface area contributed by atoms with Crippen molar-refractivity contribution < 1.29 is 9.90 Å². The number of rotatable bonds is 2. The van der Waals surface area contributed by atoms with Gasteiger partial charge in [0, 0.05) is 12.6 Å². The zero-order valence-electron chi connectivity index (χ0n) is 8.72. The molecule has 0 radical (unpaired) electrons. The third-order valence-electron chi connectivity index (χ3n) is 2.77. The fourth-order valence-electron chi connectivity index (χ4n) is 2.02. The van der Waals surface area contributed by atoms with Gasteiger partial charge in [-0.15, -0.1) is 0 Å². The highest BCUT2D eigenvalue weighted by Crippen LogP contribution is 2.22. The number of anilines is 1. The molecular formula is C10H13N3O3. The van der Waals surface area contributed by atoms with Gasteiger partial charge in [-0.1, -0.05) is 0 Å². The van der Waals surface area contributed by atoms with E-state index >= 15 is 0 Å². The van der Waals surface area contributed by atoms with Gasteiger partial charge in [0.2, 0.25) is 0 Å². The molecule has 1 unspecified atom stereocenters. The lowest BCUT2D eigenvalue weighted by Gasteiger charge is -2.34. The molecule has 1 atom stereocenters. The molecule has 1 fully saturated rings. The Hall–Kier alpha value is -1.85. The smallest absolute Gasteiger partial charge is 0.326 e. The molecular weight excluding hydrogens is 210 g/mol. The van der Waals surface area contributed by atoms with Crippen LogP contribution in [0, 0.1) is 0 Å². The first-order valence-electron chi connectivity index (χ1n) is 5.22. The summed E-state index contributed by atoms with van der Waals surface area (Å²) >= 11 is 0. The highest BCUT2D eigenvalue weighted by atomic mass is 16.4. The van der Waals surface area contributed by atoms with Crippen LogP contribution in [0.1, 0.15) is 19.3 Å². The fraction of sp³-hybridized carbons (Fsp3) is 0.500. The number of H-pyrrole nitrogens is 1. The van der Waals surface area contributed by atoms with Crippen molar-refractivity contribution in [3.63, 3.8) is 0 Å². The number of piperidine rings is 1.